The van der Waals surface area contributed by atoms with Gasteiger partial charge in [-0.25, -0.2) is 4.79 Å². The molecule has 0 spiro atoms. The molecule has 0 atom stereocenters. The lowest BCUT2D eigenvalue weighted by molar-refractivity contribution is -0.117. The first-order chi connectivity index (χ1) is 12.3. The van der Waals surface area contributed by atoms with E-state index in [1.807, 2.05) is 55.2 Å². The monoisotopic (exact) mass is 359 g/mol. The molecule has 1 heterocycles. The van der Waals surface area contributed by atoms with Crippen LogP contribution in [0.4, 0.5) is 11.4 Å². The predicted molar refractivity (Wildman–Crippen MR) is 101 cm³/mol. The van der Waals surface area contributed by atoms with Crippen LogP contribution in [0.3, 0.4) is 0 Å². The standard InChI is InChI=1S/C19H25N3O4/c1-13-17(19(24)25-5)10-16(26-13)11-22(4)12-18(23)20-14-6-8-15(9-7-14)21(2)3/h6-10H,11-12H2,1-5H3,(H,20,23). The fourth-order valence-corrected chi connectivity index (χ4v) is 2.54. The predicted octanol–water partition coefficient (Wildman–Crippen LogP) is 2.51. The molecule has 0 bridgehead atoms. The van der Waals surface area contributed by atoms with Crippen LogP contribution < -0.4 is 10.2 Å². The van der Waals surface area contributed by atoms with E-state index in [9.17, 15) is 9.59 Å². The van der Waals surface area contributed by atoms with E-state index in [4.69, 9.17) is 9.15 Å². The topological polar surface area (TPSA) is 75.0 Å². The van der Waals surface area contributed by atoms with Crippen molar-refractivity contribution in [1.29, 1.82) is 0 Å². The van der Waals surface area contributed by atoms with Crippen molar-refractivity contribution in [3.8, 4) is 0 Å². The van der Waals surface area contributed by atoms with Gasteiger partial charge in [0.15, 0.2) is 0 Å². The molecule has 140 valence electrons. The number of ether oxygens (including phenoxy) is 1. The molecule has 1 amide bonds. The summed E-state index contributed by atoms with van der Waals surface area (Å²) in [5.41, 5.74) is 2.21. The smallest absolute Gasteiger partial charge is 0.341 e. The van der Waals surface area contributed by atoms with Crippen LogP contribution >= 0.6 is 0 Å². The van der Waals surface area contributed by atoms with E-state index < -0.39 is 5.97 Å². The summed E-state index contributed by atoms with van der Waals surface area (Å²) in [7, 11) is 7.06. The second-order valence-corrected chi connectivity index (χ2v) is 6.34. The van der Waals surface area contributed by atoms with Crippen molar-refractivity contribution in [3.05, 3.63) is 47.4 Å². The number of likely N-dealkylation sites (N-methyl/N-ethyl adjacent to an activating group) is 1. The molecule has 0 saturated carbocycles. The Morgan fingerprint density at radius 3 is 2.38 bits per heavy atom. The molecule has 0 aliphatic carbocycles. The van der Waals surface area contributed by atoms with Gasteiger partial charge >= 0.3 is 5.97 Å². The van der Waals surface area contributed by atoms with E-state index in [0.717, 1.165) is 11.4 Å². The minimum absolute atomic E-state index is 0.124. The molecule has 26 heavy (non-hydrogen) atoms. The van der Waals surface area contributed by atoms with Crippen LogP contribution in [-0.4, -0.2) is 51.6 Å². The Hall–Kier alpha value is -2.80. The Labute approximate surface area is 153 Å². The van der Waals surface area contributed by atoms with Crippen molar-refractivity contribution >= 4 is 23.3 Å². The van der Waals surface area contributed by atoms with Crippen LogP contribution in [0, 0.1) is 6.92 Å². The molecule has 2 aromatic rings. The lowest BCUT2D eigenvalue weighted by Crippen LogP contribution is -2.29. The highest BCUT2D eigenvalue weighted by molar-refractivity contribution is 5.92. The van der Waals surface area contributed by atoms with Crippen molar-refractivity contribution < 1.29 is 18.7 Å². The summed E-state index contributed by atoms with van der Waals surface area (Å²) in [6, 6.07) is 9.27. The average Bonchev–Trinajstić information content (AvgIpc) is 2.94. The molecule has 7 heteroatoms. The molecule has 0 aliphatic heterocycles. The number of furan rings is 1. The highest BCUT2D eigenvalue weighted by atomic mass is 16.5. The van der Waals surface area contributed by atoms with Gasteiger partial charge in [-0.2, -0.15) is 0 Å². The number of nitrogens with zero attached hydrogens (tertiary/aromatic N) is 2. The highest BCUT2D eigenvalue weighted by Crippen LogP contribution is 2.18. The number of nitrogens with one attached hydrogen (secondary N) is 1. The lowest BCUT2D eigenvalue weighted by Gasteiger charge is -2.16. The average molecular weight is 359 g/mol. The molecule has 0 aliphatic rings. The van der Waals surface area contributed by atoms with Crippen molar-refractivity contribution in [2.24, 2.45) is 0 Å². The van der Waals surface area contributed by atoms with Gasteiger partial charge in [-0.15, -0.1) is 0 Å². The summed E-state index contributed by atoms with van der Waals surface area (Å²) in [6.45, 7) is 2.31. The number of aryl methyl sites for hydroxylation is 1. The van der Waals surface area contributed by atoms with Crippen LogP contribution in [-0.2, 0) is 16.1 Å². The Kier molecular flexibility index (Phi) is 6.41. The molecular formula is C19H25N3O4. The van der Waals surface area contributed by atoms with Gasteiger partial charge < -0.3 is 19.4 Å². The fraction of sp³-hybridized carbons (Fsp3) is 0.368. The first-order valence-corrected chi connectivity index (χ1v) is 8.23. The molecule has 7 nitrogen and oxygen atoms in total. The van der Waals surface area contributed by atoms with Gasteiger partial charge in [0.05, 0.1) is 20.2 Å². The maximum absolute atomic E-state index is 12.2. The third-order valence-corrected chi connectivity index (χ3v) is 3.88. The van der Waals surface area contributed by atoms with Crippen molar-refractivity contribution in [1.82, 2.24) is 4.90 Å². The second-order valence-electron chi connectivity index (χ2n) is 6.34. The zero-order valence-corrected chi connectivity index (χ0v) is 15.8. The van der Waals surface area contributed by atoms with E-state index in [2.05, 4.69) is 5.32 Å². The first kappa shape index (κ1) is 19.5. The molecule has 1 N–H and O–H groups in total. The molecule has 1 aromatic heterocycles. The number of amides is 1. The number of esters is 1. The lowest BCUT2D eigenvalue weighted by atomic mass is 10.2. The summed E-state index contributed by atoms with van der Waals surface area (Å²) in [4.78, 5) is 27.6. The second kappa shape index (κ2) is 8.53. The maximum Gasteiger partial charge on any atom is 0.341 e. The van der Waals surface area contributed by atoms with Crippen LogP contribution in [0.1, 0.15) is 21.9 Å². The Balaban J connectivity index is 1.90. The number of benzene rings is 1. The molecule has 2 rings (SSSR count). The van der Waals surface area contributed by atoms with Gasteiger partial charge in [0.2, 0.25) is 5.91 Å². The summed E-state index contributed by atoms with van der Waals surface area (Å²) in [5.74, 6) is 0.555. The van der Waals surface area contributed by atoms with E-state index >= 15 is 0 Å². The number of anilines is 2. The van der Waals surface area contributed by atoms with E-state index in [0.29, 0.717) is 23.6 Å². The van der Waals surface area contributed by atoms with E-state index in [-0.39, 0.29) is 12.5 Å². The quantitative estimate of drug-likeness (QED) is 0.766. The van der Waals surface area contributed by atoms with Gasteiger partial charge in [0.25, 0.3) is 0 Å². The van der Waals surface area contributed by atoms with Crippen LogP contribution in [0.5, 0.6) is 0 Å². The molecule has 0 saturated heterocycles. The number of hydrogen-bond donors (Lipinski definition) is 1. The van der Waals surface area contributed by atoms with Crippen LogP contribution in [0.15, 0.2) is 34.7 Å². The summed E-state index contributed by atoms with van der Waals surface area (Å²) < 4.78 is 10.3. The van der Waals surface area contributed by atoms with E-state index in [1.165, 1.54) is 7.11 Å². The highest BCUT2D eigenvalue weighted by Gasteiger charge is 2.17. The SMILES string of the molecule is COC(=O)c1cc(CN(C)CC(=O)Nc2ccc(N(C)C)cc2)oc1C. The van der Waals surface area contributed by atoms with Crippen molar-refractivity contribution in [3.63, 3.8) is 0 Å². The minimum atomic E-state index is -0.431. The zero-order valence-electron chi connectivity index (χ0n) is 15.8. The Bertz CT molecular complexity index is 766. The third-order valence-electron chi connectivity index (χ3n) is 3.88. The normalized spacial score (nSPS) is 10.7. The zero-order chi connectivity index (χ0) is 19.3. The third kappa shape index (κ3) is 5.10. The van der Waals surface area contributed by atoms with Gasteiger partial charge in [-0.3, -0.25) is 9.69 Å². The van der Waals surface area contributed by atoms with Gasteiger partial charge in [0.1, 0.15) is 17.1 Å². The van der Waals surface area contributed by atoms with Crippen LogP contribution in [0.25, 0.3) is 0 Å². The number of methoxy groups -OCH3 is 1. The van der Waals surface area contributed by atoms with Crippen molar-refractivity contribution in [2.75, 3.05) is 45.0 Å². The first-order valence-electron chi connectivity index (χ1n) is 8.23. The molecule has 0 fully saturated rings. The van der Waals surface area contributed by atoms with Gasteiger partial charge in [0, 0.05) is 25.5 Å². The Morgan fingerprint density at radius 1 is 1.15 bits per heavy atom. The molecule has 0 unspecified atom stereocenters. The van der Waals surface area contributed by atoms with Crippen molar-refractivity contribution in [2.45, 2.75) is 13.5 Å². The fourth-order valence-electron chi connectivity index (χ4n) is 2.54. The van der Waals surface area contributed by atoms with Gasteiger partial charge in [-0.1, -0.05) is 0 Å². The molecule has 0 radical (unpaired) electrons. The summed E-state index contributed by atoms with van der Waals surface area (Å²) in [6.07, 6.45) is 0. The van der Waals surface area contributed by atoms with E-state index in [1.54, 1.807) is 13.0 Å². The minimum Gasteiger partial charge on any atom is -0.465 e. The summed E-state index contributed by atoms with van der Waals surface area (Å²) in [5, 5.41) is 2.86. The van der Waals surface area contributed by atoms with Crippen LogP contribution in [0.2, 0.25) is 0 Å². The van der Waals surface area contributed by atoms with Gasteiger partial charge in [-0.05, 0) is 44.3 Å². The maximum atomic E-state index is 12.2. The Morgan fingerprint density at radius 2 is 1.81 bits per heavy atom. The molecular weight excluding hydrogens is 334 g/mol. The summed E-state index contributed by atoms with van der Waals surface area (Å²) >= 11 is 0. The largest absolute Gasteiger partial charge is 0.465 e. The number of carbonyl (C=O) groups excluding carboxylic acids is 2. The molecule has 1 aromatic carbocycles. The number of rotatable bonds is 7. The number of carbonyl (C=O) groups is 2. The number of hydrogen-bond acceptors (Lipinski definition) is 6.